The average Bonchev–Trinajstić information content (AvgIpc) is 3.36. The first-order valence-electron chi connectivity index (χ1n) is 15.4. The highest BCUT2D eigenvalue weighted by Crippen LogP contribution is 2.42. The van der Waals surface area contributed by atoms with E-state index in [1.807, 2.05) is 6.92 Å². The van der Waals surface area contributed by atoms with E-state index >= 15 is 0 Å². The fourth-order valence-electron chi connectivity index (χ4n) is 5.64. The van der Waals surface area contributed by atoms with Gasteiger partial charge in [0.1, 0.15) is 41.5 Å². The van der Waals surface area contributed by atoms with Crippen molar-refractivity contribution >= 4 is 36.4 Å². The van der Waals surface area contributed by atoms with Crippen molar-refractivity contribution in [2.45, 2.75) is 135 Å². The molecule has 2 aromatic rings. The molecule has 0 amide bonds. The van der Waals surface area contributed by atoms with E-state index in [4.69, 9.17) is 19.9 Å². The van der Waals surface area contributed by atoms with Gasteiger partial charge in [0.2, 0.25) is 7.44 Å². The van der Waals surface area contributed by atoms with Crippen molar-refractivity contribution in [3.05, 3.63) is 12.7 Å². The Morgan fingerprint density at radius 2 is 1.44 bits per heavy atom. The molecule has 0 unspecified atom stereocenters. The van der Waals surface area contributed by atoms with Gasteiger partial charge in [0.05, 0.1) is 19.0 Å². The Hall–Kier alpha value is -2.60. The van der Waals surface area contributed by atoms with Crippen molar-refractivity contribution in [1.82, 2.24) is 29.7 Å². The molecule has 240 valence electrons. The Balaban J connectivity index is 1.47. The molecule has 2 saturated carbocycles. The predicted octanol–water partition coefficient (Wildman–Crippen LogP) is 4.45. The number of imidazole rings is 1. The molecule has 4 N–H and O–H groups in total. The van der Waals surface area contributed by atoms with Crippen LogP contribution in [0, 0.1) is 0 Å². The molecule has 1 atom stereocenters. The molecule has 0 aliphatic heterocycles. The SMILES string of the molecule is C[C@H](Cn1cnc2c(N)ncnc21)OCP(=O)(NC(C)(C)C(=O)OC1CCCCC1)NC(C)(C)C(=O)OC1CCCCC1. The third-order valence-corrected chi connectivity index (χ3v) is 10.4. The van der Waals surface area contributed by atoms with Crippen LogP contribution in [-0.4, -0.2) is 67.2 Å². The van der Waals surface area contributed by atoms with Gasteiger partial charge in [0.15, 0.2) is 11.5 Å². The molecule has 43 heavy (non-hydrogen) atoms. The number of nitrogens with zero attached hydrogens (tertiary/aromatic N) is 4. The highest BCUT2D eigenvalue weighted by atomic mass is 31.2. The summed E-state index contributed by atoms with van der Waals surface area (Å²) in [6, 6.07) is 0. The lowest BCUT2D eigenvalue weighted by Gasteiger charge is -2.37. The number of anilines is 1. The molecule has 0 bridgehead atoms. The van der Waals surface area contributed by atoms with E-state index in [0.717, 1.165) is 64.2 Å². The van der Waals surface area contributed by atoms with E-state index in [0.29, 0.717) is 17.7 Å². The maximum atomic E-state index is 14.6. The number of hydrogen-bond acceptors (Lipinski definition) is 10. The van der Waals surface area contributed by atoms with E-state index in [-0.39, 0.29) is 24.4 Å². The minimum Gasteiger partial charge on any atom is -0.461 e. The molecule has 2 aliphatic carbocycles. The van der Waals surface area contributed by atoms with E-state index in [2.05, 4.69) is 25.1 Å². The van der Waals surface area contributed by atoms with Crippen LogP contribution in [0.15, 0.2) is 12.7 Å². The summed E-state index contributed by atoms with van der Waals surface area (Å²) in [7, 11) is -3.77. The summed E-state index contributed by atoms with van der Waals surface area (Å²) >= 11 is 0. The quantitative estimate of drug-likeness (QED) is 0.212. The van der Waals surface area contributed by atoms with Crippen molar-refractivity contribution in [2.24, 2.45) is 0 Å². The molecule has 2 aromatic heterocycles. The van der Waals surface area contributed by atoms with Crippen LogP contribution < -0.4 is 15.9 Å². The molecule has 2 heterocycles. The molecule has 0 radical (unpaired) electrons. The van der Waals surface area contributed by atoms with Crippen LogP contribution in [0.4, 0.5) is 5.82 Å². The van der Waals surface area contributed by atoms with Crippen LogP contribution in [0.3, 0.4) is 0 Å². The number of aromatic nitrogens is 4. The summed E-state index contributed by atoms with van der Waals surface area (Å²) in [4.78, 5) is 39.1. The molecular weight excluding hydrogens is 573 g/mol. The van der Waals surface area contributed by atoms with Crippen LogP contribution in [0.5, 0.6) is 0 Å². The largest absolute Gasteiger partial charge is 0.461 e. The van der Waals surface area contributed by atoms with Crippen LogP contribution in [0.2, 0.25) is 0 Å². The molecule has 13 nitrogen and oxygen atoms in total. The molecule has 14 heteroatoms. The van der Waals surface area contributed by atoms with Crippen LogP contribution in [0.25, 0.3) is 11.2 Å². The van der Waals surface area contributed by atoms with Crippen molar-refractivity contribution in [3.63, 3.8) is 0 Å². The second-order valence-electron chi connectivity index (χ2n) is 13.0. The molecular formula is C29H48N7O6P. The maximum Gasteiger partial charge on any atom is 0.326 e. The Labute approximate surface area is 253 Å². The molecule has 2 aliphatic rings. The van der Waals surface area contributed by atoms with Crippen molar-refractivity contribution < 1.29 is 28.4 Å². The summed E-state index contributed by atoms with van der Waals surface area (Å²) in [5.74, 6) is -0.724. The first-order chi connectivity index (χ1) is 20.3. The summed E-state index contributed by atoms with van der Waals surface area (Å²) < 4.78 is 34.1. The lowest BCUT2D eigenvalue weighted by Crippen LogP contribution is -2.54. The van der Waals surface area contributed by atoms with Crippen LogP contribution in [-0.2, 0) is 34.9 Å². The average molecular weight is 622 g/mol. The number of rotatable bonds is 13. The molecule has 0 saturated heterocycles. The Morgan fingerprint density at radius 1 is 0.930 bits per heavy atom. The summed E-state index contributed by atoms with van der Waals surface area (Å²) in [5, 5.41) is 6.01. The number of ether oxygens (including phenoxy) is 3. The number of esters is 2. The first kappa shape index (κ1) is 33.3. The smallest absolute Gasteiger partial charge is 0.326 e. The number of carbonyl (C=O) groups excluding carboxylic acids is 2. The first-order valence-corrected chi connectivity index (χ1v) is 17.3. The number of hydrogen-bond donors (Lipinski definition) is 3. The van der Waals surface area contributed by atoms with Crippen molar-refractivity contribution in [3.8, 4) is 0 Å². The van der Waals surface area contributed by atoms with Gasteiger partial charge in [-0.05, 0) is 86.0 Å². The highest BCUT2D eigenvalue weighted by Gasteiger charge is 2.44. The summed E-state index contributed by atoms with van der Waals surface area (Å²) in [6.07, 6.45) is 11.5. The molecule has 4 rings (SSSR count). The monoisotopic (exact) mass is 621 g/mol. The van der Waals surface area contributed by atoms with Gasteiger partial charge in [-0.15, -0.1) is 0 Å². The fourth-order valence-corrected chi connectivity index (χ4v) is 8.28. The number of nitrogen functional groups attached to an aromatic ring is 1. The Bertz CT molecular complexity index is 1250. The lowest BCUT2D eigenvalue weighted by atomic mass is 9.97. The second-order valence-corrected chi connectivity index (χ2v) is 15.2. The van der Waals surface area contributed by atoms with Crippen LogP contribution in [0.1, 0.15) is 98.8 Å². The lowest BCUT2D eigenvalue weighted by molar-refractivity contribution is -0.156. The Kier molecular flexibility index (Phi) is 10.8. The highest BCUT2D eigenvalue weighted by molar-refractivity contribution is 7.59. The van der Waals surface area contributed by atoms with E-state index in [1.165, 1.54) is 6.33 Å². The molecule has 0 spiro atoms. The van der Waals surface area contributed by atoms with Gasteiger partial charge in [0, 0.05) is 0 Å². The number of nitrogens with one attached hydrogen (secondary N) is 2. The normalized spacial score (nSPS) is 18.4. The predicted molar refractivity (Wildman–Crippen MR) is 163 cm³/mol. The number of nitrogens with two attached hydrogens (primary N) is 1. The zero-order chi connectivity index (χ0) is 31.3. The zero-order valence-electron chi connectivity index (χ0n) is 26.1. The van der Waals surface area contributed by atoms with Gasteiger partial charge >= 0.3 is 11.9 Å². The standard InChI is InChI=1S/C29H48N7O6P/c1-20(16-36-18-33-23-24(30)31-17-32-25(23)36)40-19-43(39,34-28(2,3)26(37)41-21-12-8-6-9-13-21)35-29(4,5)27(38)42-22-14-10-7-11-15-22/h17-18,20-22H,6-16,19H2,1-5H3,(H2,30,31,32)(H2,34,35,39)/t20-/m1/s1. The van der Waals surface area contributed by atoms with Crippen molar-refractivity contribution in [1.29, 1.82) is 0 Å². The van der Waals surface area contributed by atoms with Gasteiger partial charge in [-0.2, -0.15) is 0 Å². The van der Waals surface area contributed by atoms with Gasteiger partial charge in [-0.3, -0.25) is 14.2 Å². The molecule has 2 fully saturated rings. The van der Waals surface area contributed by atoms with Crippen LogP contribution >= 0.6 is 7.44 Å². The summed E-state index contributed by atoms with van der Waals surface area (Å²) in [5.41, 5.74) is 4.30. The third kappa shape index (κ3) is 8.97. The topological polar surface area (TPSA) is 173 Å². The van der Waals surface area contributed by atoms with E-state index in [9.17, 15) is 14.2 Å². The van der Waals surface area contributed by atoms with Gasteiger partial charge in [0.25, 0.3) is 0 Å². The minimum atomic E-state index is -3.77. The maximum absolute atomic E-state index is 14.6. The van der Waals surface area contributed by atoms with Crippen molar-refractivity contribution in [2.75, 3.05) is 12.1 Å². The third-order valence-electron chi connectivity index (χ3n) is 8.02. The summed E-state index contributed by atoms with van der Waals surface area (Å²) in [6.45, 7) is 8.69. The van der Waals surface area contributed by atoms with Gasteiger partial charge in [-0.25, -0.2) is 25.1 Å². The number of carbonyl (C=O) groups is 2. The fraction of sp³-hybridized carbons (Fsp3) is 0.759. The zero-order valence-corrected chi connectivity index (χ0v) is 27.0. The Morgan fingerprint density at radius 3 is 1.95 bits per heavy atom. The minimum absolute atomic E-state index is 0.157. The number of fused-ring (bicyclic) bond motifs is 1. The second kappa shape index (κ2) is 14.0. The van der Waals surface area contributed by atoms with E-state index in [1.54, 1.807) is 38.6 Å². The molecule has 0 aromatic carbocycles. The van der Waals surface area contributed by atoms with Gasteiger partial charge in [-0.1, -0.05) is 12.8 Å². The van der Waals surface area contributed by atoms with E-state index < -0.39 is 36.6 Å². The van der Waals surface area contributed by atoms with Gasteiger partial charge < -0.3 is 24.5 Å².